The topological polar surface area (TPSA) is 111 Å². The van der Waals surface area contributed by atoms with Gasteiger partial charge in [0.25, 0.3) is 5.78 Å². The molecule has 0 saturated carbocycles. The van der Waals surface area contributed by atoms with Crippen LogP contribution < -0.4 is 19.1 Å². The van der Waals surface area contributed by atoms with E-state index in [9.17, 15) is 14.7 Å². The lowest BCUT2D eigenvalue weighted by molar-refractivity contribution is -0.132. The molecule has 1 atom stereocenters. The monoisotopic (exact) mass is 679 g/mol. The van der Waals surface area contributed by atoms with E-state index in [0.29, 0.717) is 58.3 Å². The van der Waals surface area contributed by atoms with Crippen molar-refractivity contribution in [3.05, 3.63) is 107 Å². The lowest BCUT2D eigenvalue weighted by Crippen LogP contribution is -2.29. The van der Waals surface area contributed by atoms with Gasteiger partial charge in [-0.2, -0.15) is 0 Å². The molecule has 7 rings (SSSR count). The van der Waals surface area contributed by atoms with Crippen LogP contribution in [0.1, 0.15) is 48.9 Å². The number of aromatic nitrogens is 2. The van der Waals surface area contributed by atoms with E-state index in [1.54, 1.807) is 18.2 Å². The first-order chi connectivity index (χ1) is 23.5. The number of nitrogens with zero attached hydrogens (tertiary/aromatic N) is 3. The van der Waals surface area contributed by atoms with Gasteiger partial charge in [0.1, 0.15) is 24.7 Å². The number of ether oxygens (including phenoxy) is 3. The van der Waals surface area contributed by atoms with E-state index in [4.69, 9.17) is 14.2 Å². The van der Waals surface area contributed by atoms with Crippen molar-refractivity contribution in [2.75, 3.05) is 24.7 Å². The molecule has 11 heteroatoms. The summed E-state index contributed by atoms with van der Waals surface area (Å²) >= 11 is 2.75. The molecule has 0 radical (unpaired) electrons. The van der Waals surface area contributed by atoms with Gasteiger partial charge < -0.3 is 19.3 Å². The third kappa shape index (κ3) is 6.35. The maximum Gasteiger partial charge on any atom is 0.301 e. The summed E-state index contributed by atoms with van der Waals surface area (Å²) in [6.45, 7) is 3.46. The van der Waals surface area contributed by atoms with Gasteiger partial charge in [0.15, 0.2) is 15.8 Å². The number of benzene rings is 4. The van der Waals surface area contributed by atoms with Gasteiger partial charge in [-0.25, -0.2) is 0 Å². The average Bonchev–Trinajstić information content (AvgIpc) is 3.70. The van der Waals surface area contributed by atoms with Crippen molar-refractivity contribution in [2.24, 2.45) is 0 Å². The van der Waals surface area contributed by atoms with Gasteiger partial charge in [-0.05, 0) is 58.7 Å². The molecule has 1 fully saturated rings. The summed E-state index contributed by atoms with van der Waals surface area (Å²) in [4.78, 5) is 29.0. The lowest BCUT2D eigenvalue weighted by Gasteiger charge is -2.23. The maximum atomic E-state index is 13.8. The highest BCUT2D eigenvalue weighted by molar-refractivity contribution is 8.00. The van der Waals surface area contributed by atoms with Crippen molar-refractivity contribution in [1.29, 1.82) is 0 Å². The fourth-order valence-corrected chi connectivity index (χ4v) is 7.80. The number of anilines is 1. The highest BCUT2D eigenvalue weighted by Gasteiger charge is 2.48. The predicted molar refractivity (Wildman–Crippen MR) is 187 cm³/mol. The van der Waals surface area contributed by atoms with Crippen LogP contribution in [-0.4, -0.2) is 46.8 Å². The molecule has 1 N–H and O–H groups in total. The molecule has 0 bridgehead atoms. The standard InChI is InChI=1S/C37H33N3O6S2/c1-2-3-6-17-44-27-13-8-11-24(20-27)32-31(33(41)25-15-16-29-30(21-25)46-19-18-45-29)34(42)35(43)40(32)36-38-39-37(48-36)47-22-26-12-7-10-23-9-4-5-14-28(23)26/h4-5,7-16,20-21,32,41H,2-3,6,17-19,22H2,1H3/b33-31-. The van der Waals surface area contributed by atoms with Crippen molar-refractivity contribution in [3.63, 3.8) is 0 Å². The zero-order chi connectivity index (χ0) is 33.0. The van der Waals surface area contributed by atoms with Crippen molar-refractivity contribution >= 4 is 56.5 Å². The molecule has 1 saturated heterocycles. The Labute approximate surface area is 286 Å². The van der Waals surface area contributed by atoms with Crippen LogP contribution in [0, 0.1) is 0 Å². The van der Waals surface area contributed by atoms with E-state index in [-0.39, 0.29) is 16.5 Å². The van der Waals surface area contributed by atoms with Crippen LogP contribution in [0.3, 0.4) is 0 Å². The zero-order valence-electron chi connectivity index (χ0n) is 26.3. The fourth-order valence-electron chi connectivity index (χ4n) is 5.92. The second-order valence-corrected chi connectivity index (χ2v) is 13.6. The van der Waals surface area contributed by atoms with E-state index >= 15 is 0 Å². The van der Waals surface area contributed by atoms with E-state index < -0.39 is 17.7 Å². The number of thioether (sulfide) groups is 1. The Kier molecular flexibility index (Phi) is 9.31. The number of Topliss-reactive ketones (excluding diaryl/α,β-unsaturated/α-hetero) is 1. The summed E-state index contributed by atoms with van der Waals surface area (Å²) < 4.78 is 18.0. The number of aliphatic hydroxyl groups excluding tert-OH is 1. The molecule has 0 aliphatic carbocycles. The molecule has 4 aromatic carbocycles. The number of carbonyl (C=O) groups is 2. The number of amides is 1. The Balaban J connectivity index is 1.24. The van der Waals surface area contributed by atoms with Crippen LogP contribution >= 0.6 is 23.1 Å². The van der Waals surface area contributed by atoms with Gasteiger partial charge in [-0.15, -0.1) is 10.2 Å². The Morgan fingerprint density at radius 3 is 2.65 bits per heavy atom. The van der Waals surface area contributed by atoms with E-state index in [0.717, 1.165) is 30.2 Å². The van der Waals surface area contributed by atoms with Gasteiger partial charge in [0.2, 0.25) is 5.13 Å². The summed E-state index contributed by atoms with van der Waals surface area (Å²) in [5.74, 6) is 0.330. The van der Waals surface area contributed by atoms with Crippen molar-refractivity contribution < 1.29 is 28.9 Å². The first-order valence-corrected chi connectivity index (χ1v) is 17.7. The number of ketones is 1. The zero-order valence-corrected chi connectivity index (χ0v) is 27.9. The highest BCUT2D eigenvalue weighted by atomic mass is 32.2. The molecule has 3 heterocycles. The SMILES string of the molecule is CCCCCOc1cccc(C2/C(=C(/O)c3ccc4c(c3)OCCO4)C(=O)C(=O)N2c2nnc(SCc3cccc4ccccc34)s2)c1. The first kappa shape index (κ1) is 31.7. The molecule has 1 unspecified atom stereocenters. The fraction of sp³-hybridized carbons (Fsp3) is 0.243. The number of hydrogen-bond acceptors (Lipinski definition) is 10. The number of rotatable bonds is 11. The van der Waals surface area contributed by atoms with Crippen molar-refractivity contribution in [3.8, 4) is 17.2 Å². The van der Waals surface area contributed by atoms with Gasteiger partial charge in [-0.3, -0.25) is 14.5 Å². The quantitative estimate of drug-likeness (QED) is 0.0371. The Bertz CT molecular complexity index is 2020. The first-order valence-electron chi connectivity index (χ1n) is 15.9. The molecule has 0 spiro atoms. The molecule has 2 aliphatic heterocycles. The third-order valence-corrected chi connectivity index (χ3v) is 10.4. The van der Waals surface area contributed by atoms with Crippen LogP contribution in [0.5, 0.6) is 17.2 Å². The van der Waals surface area contributed by atoms with Gasteiger partial charge in [0.05, 0.1) is 18.2 Å². The summed E-state index contributed by atoms with van der Waals surface area (Å²) in [5, 5.41) is 23.0. The maximum absolute atomic E-state index is 13.8. The van der Waals surface area contributed by atoms with Crippen LogP contribution in [0.4, 0.5) is 5.13 Å². The normalized spacial score (nSPS) is 16.9. The number of aliphatic hydroxyl groups is 1. The molecule has 1 amide bonds. The Morgan fingerprint density at radius 1 is 0.958 bits per heavy atom. The molecule has 1 aromatic heterocycles. The van der Waals surface area contributed by atoms with E-state index in [1.807, 2.05) is 42.5 Å². The van der Waals surface area contributed by atoms with Crippen LogP contribution in [-0.2, 0) is 15.3 Å². The second-order valence-electron chi connectivity index (χ2n) is 11.4. The van der Waals surface area contributed by atoms with Gasteiger partial charge >= 0.3 is 5.91 Å². The average molecular weight is 680 g/mol. The summed E-state index contributed by atoms with van der Waals surface area (Å²) in [6, 6.07) is 25.7. The minimum absolute atomic E-state index is 0.0556. The minimum Gasteiger partial charge on any atom is -0.507 e. The Hall–Kier alpha value is -4.87. The number of hydrogen-bond donors (Lipinski definition) is 1. The second kappa shape index (κ2) is 14.1. The largest absolute Gasteiger partial charge is 0.507 e. The van der Waals surface area contributed by atoms with Crippen LogP contribution in [0.2, 0.25) is 0 Å². The molecule has 5 aromatic rings. The molecule has 2 aliphatic rings. The van der Waals surface area contributed by atoms with Crippen LogP contribution in [0.25, 0.3) is 16.5 Å². The summed E-state index contributed by atoms with van der Waals surface area (Å²) in [7, 11) is 0. The highest BCUT2D eigenvalue weighted by Crippen LogP contribution is 2.45. The number of carbonyl (C=O) groups excluding carboxylic acids is 2. The van der Waals surface area contributed by atoms with Gasteiger partial charge in [-0.1, -0.05) is 97.5 Å². The number of unbranched alkanes of at least 4 members (excludes halogenated alkanes) is 2. The lowest BCUT2D eigenvalue weighted by atomic mass is 9.95. The summed E-state index contributed by atoms with van der Waals surface area (Å²) in [5.41, 5.74) is 2.03. The van der Waals surface area contributed by atoms with Crippen molar-refractivity contribution in [2.45, 2.75) is 42.3 Å². The molecular formula is C37H33N3O6S2. The molecule has 48 heavy (non-hydrogen) atoms. The molecule has 244 valence electrons. The van der Waals surface area contributed by atoms with Crippen LogP contribution in [0.15, 0.2) is 94.8 Å². The molecule has 9 nitrogen and oxygen atoms in total. The Morgan fingerprint density at radius 2 is 1.77 bits per heavy atom. The number of fused-ring (bicyclic) bond motifs is 2. The smallest absolute Gasteiger partial charge is 0.301 e. The van der Waals surface area contributed by atoms with E-state index in [1.165, 1.54) is 33.4 Å². The van der Waals surface area contributed by atoms with Gasteiger partial charge in [0, 0.05) is 11.3 Å². The third-order valence-electron chi connectivity index (χ3n) is 8.28. The van der Waals surface area contributed by atoms with E-state index in [2.05, 4.69) is 41.4 Å². The minimum atomic E-state index is -0.971. The predicted octanol–water partition coefficient (Wildman–Crippen LogP) is 7.95. The molecular weight excluding hydrogens is 647 g/mol. The summed E-state index contributed by atoms with van der Waals surface area (Å²) in [6.07, 6.45) is 3.03. The van der Waals surface area contributed by atoms with Crippen molar-refractivity contribution in [1.82, 2.24) is 10.2 Å².